The number of halogens is 1. The van der Waals surface area contributed by atoms with Crippen LogP contribution in [0.15, 0.2) is 16.6 Å². The lowest BCUT2D eigenvalue weighted by Gasteiger charge is -2.11. The number of methoxy groups -OCH3 is 1. The Balaban J connectivity index is 3.08. The van der Waals surface area contributed by atoms with Crippen molar-refractivity contribution in [2.75, 3.05) is 7.11 Å². The second kappa shape index (κ2) is 4.66. The molecule has 2 N–H and O–H groups in total. The highest BCUT2D eigenvalue weighted by molar-refractivity contribution is 9.10. The molecule has 1 unspecified atom stereocenters. The summed E-state index contributed by atoms with van der Waals surface area (Å²) in [5.74, 6) is 0.492. The molecule has 0 bridgehead atoms. The van der Waals surface area contributed by atoms with E-state index in [9.17, 15) is 10.2 Å². The molecule has 3 nitrogen and oxygen atoms in total. The van der Waals surface area contributed by atoms with Crippen molar-refractivity contribution in [3.8, 4) is 11.5 Å². The van der Waals surface area contributed by atoms with Gasteiger partial charge >= 0.3 is 0 Å². The molecule has 0 aliphatic heterocycles. The van der Waals surface area contributed by atoms with E-state index in [0.29, 0.717) is 22.2 Å². The number of phenols is 1. The van der Waals surface area contributed by atoms with Gasteiger partial charge in [0.15, 0.2) is 11.5 Å². The number of benzene rings is 1. The van der Waals surface area contributed by atoms with E-state index in [1.165, 1.54) is 7.11 Å². The number of phenolic OH excluding ortho intramolecular Hbond substituents is 1. The van der Waals surface area contributed by atoms with Gasteiger partial charge in [0.25, 0.3) is 0 Å². The summed E-state index contributed by atoms with van der Waals surface area (Å²) in [7, 11) is 1.49. The number of ether oxygens (including phenoxy) is 1. The Morgan fingerprint density at radius 2 is 2.14 bits per heavy atom. The Kier molecular flexibility index (Phi) is 3.77. The summed E-state index contributed by atoms with van der Waals surface area (Å²) in [5.41, 5.74) is 0.681. The van der Waals surface area contributed by atoms with Crippen molar-refractivity contribution in [2.45, 2.75) is 19.4 Å². The van der Waals surface area contributed by atoms with E-state index >= 15 is 0 Å². The monoisotopic (exact) mass is 260 g/mol. The lowest BCUT2D eigenvalue weighted by Crippen LogP contribution is -2.04. The molecule has 0 aromatic heterocycles. The van der Waals surface area contributed by atoms with Gasteiger partial charge in [0.05, 0.1) is 17.7 Å². The zero-order valence-corrected chi connectivity index (χ0v) is 9.71. The van der Waals surface area contributed by atoms with Crippen molar-refractivity contribution < 1.29 is 14.9 Å². The Labute approximate surface area is 91.5 Å². The third kappa shape index (κ3) is 2.39. The van der Waals surface area contributed by atoms with E-state index in [-0.39, 0.29) is 5.75 Å². The number of hydrogen-bond acceptors (Lipinski definition) is 3. The highest BCUT2D eigenvalue weighted by Gasteiger charge is 2.12. The first kappa shape index (κ1) is 11.3. The minimum Gasteiger partial charge on any atom is -0.504 e. The molecular weight excluding hydrogens is 248 g/mol. The van der Waals surface area contributed by atoms with Crippen LogP contribution in [0, 0.1) is 0 Å². The Hall–Kier alpha value is -0.740. The van der Waals surface area contributed by atoms with E-state index in [0.717, 1.165) is 0 Å². The van der Waals surface area contributed by atoms with Gasteiger partial charge in [-0.15, -0.1) is 0 Å². The minimum atomic E-state index is -0.480. The predicted molar refractivity (Wildman–Crippen MR) is 57.7 cm³/mol. The van der Waals surface area contributed by atoms with Crippen LogP contribution in [0.1, 0.15) is 12.5 Å². The van der Waals surface area contributed by atoms with Gasteiger partial charge in [-0.1, -0.05) is 6.07 Å². The van der Waals surface area contributed by atoms with Crippen LogP contribution in [0.4, 0.5) is 0 Å². The molecule has 0 aliphatic carbocycles. The van der Waals surface area contributed by atoms with Crippen LogP contribution in [0.5, 0.6) is 11.5 Å². The number of aliphatic hydroxyl groups excluding tert-OH is 1. The Morgan fingerprint density at radius 1 is 1.50 bits per heavy atom. The van der Waals surface area contributed by atoms with Gasteiger partial charge in [-0.25, -0.2) is 0 Å². The van der Waals surface area contributed by atoms with E-state index < -0.39 is 6.10 Å². The van der Waals surface area contributed by atoms with Crippen molar-refractivity contribution in [1.82, 2.24) is 0 Å². The molecule has 0 spiro atoms. The van der Waals surface area contributed by atoms with E-state index in [1.54, 1.807) is 19.1 Å². The first-order chi connectivity index (χ1) is 6.56. The maximum absolute atomic E-state index is 9.75. The quantitative estimate of drug-likeness (QED) is 0.875. The van der Waals surface area contributed by atoms with Gasteiger partial charge in [0.2, 0.25) is 0 Å². The molecule has 1 aromatic carbocycles. The van der Waals surface area contributed by atoms with Crippen LogP contribution in [0.2, 0.25) is 0 Å². The topological polar surface area (TPSA) is 49.7 Å². The molecule has 4 heteroatoms. The second-order valence-electron chi connectivity index (χ2n) is 3.14. The van der Waals surface area contributed by atoms with Crippen molar-refractivity contribution in [2.24, 2.45) is 0 Å². The molecule has 0 fully saturated rings. The van der Waals surface area contributed by atoms with Crippen LogP contribution < -0.4 is 4.74 Å². The van der Waals surface area contributed by atoms with Crippen molar-refractivity contribution in [3.05, 3.63) is 22.2 Å². The molecule has 0 heterocycles. The smallest absolute Gasteiger partial charge is 0.174 e. The summed E-state index contributed by atoms with van der Waals surface area (Å²) in [6.45, 7) is 1.67. The summed E-state index contributed by atoms with van der Waals surface area (Å²) < 4.78 is 5.72. The van der Waals surface area contributed by atoms with E-state index in [2.05, 4.69) is 15.9 Å². The third-order valence-corrected chi connectivity index (χ3v) is 2.51. The normalized spacial score (nSPS) is 12.6. The first-order valence-electron chi connectivity index (χ1n) is 4.28. The number of hydrogen-bond donors (Lipinski definition) is 2. The molecule has 0 saturated heterocycles. The van der Waals surface area contributed by atoms with Crippen LogP contribution in [0.3, 0.4) is 0 Å². The molecule has 1 atom stereocenters. The molecule has 1 aromatic rings. The summed E-state index contributed by atoms with van der Waals surface area (Å²) in [4.78, 5) is 0. The molecule has 0 saturated carbocycles. The average molecular weight is 261 g/mol. The highest BCUT2D eigenvalue weighted by atomic mass is 79.9. The first-order valence-corrected chi connectivity index (χ1v) is 5.08. The number of rotatable bonds is 3. The van der Waals surface area contributed by atoms with Gasteiger partial charge in [-0.05, 0) is 28.9 Å². The third-order valence-electron chi connectivity index (χ3n) is 1.89. The summed E-state index contributed by atoms with van der Waals surface area (Å²) >= 11 is 3.26. The lowest BCUT2D eigenvalue weighted by atomic mass is 10.1. The van der Waals surface area contributed by atoms with Crippen LogP contribution >= 0.6 is 15.9 Å². The van der Waals surface area contributed by atoms with Gasteiger partial charge in [-0.3, -0.25) is 0 Å². The fourth-order valence-corrected chi connectivity index (χ4v) is 1.75. The molecular formula is C10H13BrO3. The minimum absolute atomic E-state index is 0.0859. The van der Waals surface area contributed by atoms with Crippen molar-refractivity contribution in [3.63, 3.8) is 0 Å². The van der Waals surface area contributed by atoms with Gasteiger partial charge in [0.1, 0.15) is 0 Å². The molecule has 0 radical (unpaired) electrons. The molecule has 0 amide bonds. The zero-order valence-electron chi connectivity index (χ0n) is 8.12. The van der Waals surface area contributed by atoms with Gasteiger partial charge in [-0.2, -0.15) is 0 Å². The second-order valence-corrected chi connectivity index (χ2v) is 4.00. The fraction of sp³-hybridized carbons (Fsp3) is 0.400. The SMILES string of the molecule is COc1c(Br)ccc(CC(C)O)c1O. The van der Waals surface area contributed by atoms with Gasteiger partial charge in [0, 0.05) is 12.0 Å². The molecule has 78 valence electrons. The fourth-order valence-electron chi connectivity index (χ4n) is 1.26. The van der Waals surface area contributed by atoms with Crippen LogP contribution in [-0.2, 0) is 6.42 Å². The van der Waals surface area contributed by atoms with E-state index in [4.69, 9.17) is 4.74 Å². The summed E-state index contributed by atoms with van der Waals surface area (Å²) in [6, 6.07) is 3.55. The molecule has 14 heavy (non-hydrogen) atoms. The standard InChI is InChI=1S/C10H13BrO3/c1-6(12)5-7-3-4-8(11)10(14-2)9(7)13/h3-4,6,12-13H,5H2,1-2H3. The zero-order chi connectivity index (χ0) is 10.7. The number of aliphatic hydroxyl groups is 1. The average Bonchev–Trinajstić information content (AvgIpc) is 2.10. The van der Waals surface area contributed by atoms with Crippen molar-refractivity contribution >= 4 is 15.9 Å². The highest BCUT2D eigenvalue weighted by Crippen LogP contribution is 2.37. The Bertz CT molecular complexity index is 323. The van der Waals surface area contributed by atoms with Crippen LogP contribution in [-0.4, -0.2) is 23.4 Å². The molecule has 1 rings (SSSR count). The lowest BCUT2D eigenvalue weighted by molar-refractivity contribution is 0.194. The predicted octanol–water partition coefficient (Wildman–Crippen LogP) is 2.09. The largest absolute Gasteiger partial charge is 0.504 e. The Morgan fingerprint density at radius 3 is 2.64 bits per heavy atom. The maximum atomic E-state index is 9.75. The van der Waals surface area contributed by atoms with E-state index in [1.807, 2.05) is 0 Å². The number of aromatic hydroxyl groups is 1. The maximum Gasteiger partial charge on any atom is 0.174 e. The molecule has 0 aliphatic rings. The van der Waals surface area contributed by atoms with Crippen LogP contribution in [0.25, 0.3) is 0 Å². The van der Waals surface area contributed by atoms with Crippen molar-refractivity contribution in [1.29, 1.82) is 0 Å². The summed E-state index contributed by atoms with van der Waals surface area (Å²) in [6.07, 6.45) is -0.0677. The van der Waals surface area contributed by atoms with Gasteiger partial charge < -0.3 is 14.9 Å². The summed E-state index contributed by atoms with van der Waals surface area (Å²) in [5, 5.41) is 19.0.